The molecule has 0 saturated carbocycles. The second kappa shape index (κ2) is 4.97. The number of allylic oxidation sites excluding steroid dienone is 2. The second-order valence-electron chi connectivity index (χ2n) is 4.33. The van der Waals surface area contributed by atoms with E-state index in [0.717, 1.165) is 16.7 Å². The molecular weight excluding hydrogens is 201 g/mol. The maximum atomic E-state index is 13.2. The molecule has 0 saturated heterocycles. The molecule has 0 heterocycles. The van der Waals surface area contributed by atoms with Crippen molar-refractivity contribution in [2.75, 3.05) is 0 Å². The fraction of sp³-hybridized carbons (Fsp3) is 0.286. The van der Waals surface area contributed by atoms with Crippen LogP contribution in [0.5, 0.6) is 0 Å². The van der Waals surface area contributed by atoms with Crippen LogP contribution >= 0.6 is 0 Å². The minimum absolute atomic E-state index is 0.226. The zero-order chi connectivity index (χ0) is 12.3. The summed E-state index contributed by atoms with van der Waals surface area (Å²) in [6.07, 6.45) is 1.80. The largest absolute Gasteiger partial charge is 0.398 e. The van der Waals surface area contributed by atoms with Gasteiger partial charge in [0.15, 0.2) is 0 Å². The Morgan fingerprint density at radius 1 is 1.44 bits per heavy atom. The van der Waals surface area contributed by atoms with Crippen LogP contribution in [0.2, 0.25) is 0 Å². The maximum Gasteiger partial charge on any atom is 0.123 e. The Balaban J connectivity index is 3.28. The minimum Gasteiger partial charge on any atom is -0.398 e. The van der Waals surface area contributed by atoms with Crippen LogP contribution in [0.15, 0.2) is 36.4 Å². The molecule has 0 aliphatic carbocycles. The summed E-state index contributed by atoms with van der Waals surface area (Å²) < 4.78 is 13.2. The molecule has 0 spiro atoms. The van der Waals surface area contributed by atoms with Gasteiger partial charge in [-0.1, -0.05) is 26.0 Å². The van der Waals surface area contributed by atoms with Gasteiger partial charge in [-0.2, -0.15) is 0 Å². The lowest BCUT2D eigenvalue weighted by molar-refractivity contribution is 0.623. The van der Waals surface area contributed by atoms with Gasteiger partial charge in [0.1, 0.15) is 5.82 Å². The highest BCUT2D eigenvalue weighted by Gasteiger charge is 2.09. The van der Waals surface area contributed by atoms with E-state index in [9.17, 15) is 4.39 Å². The van der Waals surface area contributed by atoms with E-state index in [1.54, 1.807) is 18.2 Å². The molecule has 0 atom stereocenters. The SMILES string of the molecule is C=C(C)/C=C(\N)c1ccc(F)cc1C(C)C. The van der Waals surface area contributed by atoms with Crippen LogP contribution in [0.1, 0.15) is 37.8 Å². The topological polar surface area (TPSA) is 26.0 Å². The molecule has 0 unspecified atom stereocenters. The van der Waals surface area contributed by atoms with Gasteiger partial charge in [-0.25, -0.2) is 4.39 Å². The minimum atomic E-state index is -0.226. The lowest BCUT2D eigenvalue weighted by Gasteiger charge is -2.13. The predicted molar refractivity (Wildman–Crippen MR) is 67.5 cm³/mol. The Bertz CT molecular complexity index is 430. The molecule has 0 bridgehead atoms. The average Bonchev–Trinajstić information content (AvgIpc) is 2.16. The van der Waals surface area contributed by atoms with Crippen molar-refractivity contribution in [3.05, 3.63) is 53.4 Å². The fourth-order valence-corrected chi connectivity index (χ4v) is 1.62. The molecule has 1 rings (SSSR count). The van der Waals surface area contributed by atoms with Crippen molar-refractivity contribution in [3.63, 3.8) is 0 Å². The Morgan fingerprint density at radius 3 is 2.56 bits per heavy atom. The standard InChI is InChI=1S/C14H18FN/c1-9(2)7-14(16)12-6-5-11(15)8-13(12)10(3)4/h5-8,10H,1,16H2,2-4H3/b14-7-. The predicted octanol–water partition coefficient (Wildman–Crippen LogP) is 3.82. The molecule has 2 N–H and O–H groups in total. The number of nitrogens with two attached hydrogens (primary N) is 1. The summed E-state index contributed by atoms with van der Waals surface area (Å²) in [5.74, 6) is 0.0124. The lowest BCUT2D eigenvalue weighted by Crippen LogP contribution is -2.03. The first-order chi connectivity index (χ1) is 7.41. The third-order valence-electron chi connectivity index (χ3n) is 2.35. The lowest BCUT2D eigenvalue weighted by atomic mass is 9.95. The van der Waals surface area contributed by atoms with Crippen LogP contribution < -0.4 is 5.73 Å². The van der Waals surface area contributed by atoms with Gasteiger partial charge >= 0.3 is 0 Å². The van der Waals surface area contributed by atoms with Crippen LogP contribution in [0.3, 0.4) is 0 Å². The molecule has 16 heavy (non-hydrogen) atoms. The number of halogens is 1. The highest BCUT2D eigenvalue weighted by Crippen LogP contribution is 2.24. The molecule has 0 fully saturated rings. The van der Waals surface area contributed by atoms with Crippen LogP contribution in [0, 0.1) is 5.82 Å². The summed E-state index contributed by atoms with van der Waals surface area (Å²) in [6, 6.07) is 4.69. The number of rotatable bonds is 3. The van der Waals surface area contributed by atoms with E-state index in [0.29, 0.717) is 5.70 Å². The molecule has 86 valence electrons. The Kier molecular flexibility index (Phi) is 3.88. The molecule has 0 aliphatic rings. The third-order valence-corrected chi connectivity index (χ3v) is 2.35. The number of hydrogen-bond acceptors (Lipinski definition) is 1. The molecule has 0 radical (unpaired) electrons. The molecular formula is C14H18FN. The van der Waals surface area contributed by atoms with E-state index in [1.165, 1.54) is 6.07 Å². The van der Waals surface area contributed by atoms with E-state index < -0.39 is 0 Å². The molecule has 0 aliphatic heterocycles. The smallest absolute Gasteiger partial charge is 0.123 e. The van der Waals surface area contributed by atoms with Crippen molar-refractivity contribution in [2.24, 2.45) is 5.73 Å². The van der Waals surface area contributed by atoms with Gasteiger partial charge in [-0.3, -0.25) is 0 Å². The van der Waals surface area contributed by atoms with Crippen molar-refractivity contribution in [1.29, 1.82) is 0 Å². The van der Waals surface area contributed by atoms with Crippen molar-refractivity contribution in [3.8, 4) is 0 Å². The van der Waals surface area contributed by atoms with E-state index in [4.69, 9.17) is 5.73 Å². The summed E-state index contributed by atoms with van der Waals surface area (Å²) >= 11 is 0. The second-order valence-corrected chi connectivity index (χ2v) is 4.33. The first-order valence-corrected chi connectivity index (χ1v) is 5.34. The van der Waals surface area contributed by atoms with Gasteiger partial charge in [-0.05, 0) is 42.7 Å². The molecule has 0 aromatic heterocycles. The number of benzene rings is 1. The molecule has 1 nitrogen and oxygen atoms in total. The summed E-state index contributed by atoms with van der Waals surface area (Å²) in [7, 11) is 0. The van der Waals surface area contributed by atoms with Crippen molar-refractivity contribution in [2.45, 2.75) is 26.7 Å². The highest BCUT2D eigenvalue weighted by molar-refractivity contribution is 5.68. The van der Waals surface area contributed by atoms with Crippen LogP contribution in [-0.4, -0.2) is 0 Å². The highest BCUT2D eigenvalue weighted by atomic mass is 19.1. The van der Waals surface area contributed by atoms with E-state index >= 15 is 0 Å². The fourth-order valence-electron chi connectivity index (χ4n) is 1.62. The molecule has 1 aromatic rings. The monoisotopic (exact) mass is 219 g/mol. The van der Waals surface area contributed by atoms with Crippen molar-refractivity contribution < 1.29 is 4.39 Å². The quantitative estimate of drug-likeness (QED) is 0.768. The zero-order valence-electron chi connectivity index (χ0n) is 10.0. The van der Waals surface area contributed by atoms with Crippen molar-refractivity contribution in [1.82, 2.24) is 0 Å². The van der Waals surface area contributed by atoms with Gasteiger partial charge in [-0.15, -0.1) is 0 Å². The van der Waals surface area contributed by atoms with Gasteiger partial charge in [0.05, 0.1) is 0 Å². The Labute approximate surface area is 96.5 Å². The zero-order valence-corrected chi connectivity index (χ0v) is 10.0. The van der Waals surface area contributed by atoms with Crippen LogP contribution in [-0.2, 0) is 0 Å². The van der Waals surface area contributed by atoms with E-state index in [-0.39, 0.29) is 11.7 Å². The van der Waals surface area contributed by atoms with Crippen LogP contribution in [0.4, 0.5) is 4.39 Å². The maximum absolute atomic E-state index is 13.2. The molecule has 2 heteroatoms. The first kappa shape index (κ1) is 12.5. The van der Waals surface area contributed by atoms with Gasteiger partial charge in [0, 0.05) is 11.3 Å². The van der Waals surface area contributed by atoms with Crippen molar-refractivity contribution >= 4 is 5.70 Å². The average molecular weight is 219 g/mol. The first-order valence-electron chi connectivity index (χ1n) is 5.34. The molecule has 0 amide bonds. The third kappa shape index (κ3) is 2.96. The Hall–Kier alpha value is -1.57. The van der Waals surface area contributed by atoms with E-state index in [1.807, 2.05) is 20.8 Å². The Morgan fingerprint density at radius 2 is 2.06 bits per heavy atom. The van der Waals surface area contributed by atoms with Crippen LogP contribution in [0.25, 0.3) is 5.70 Å². The number of hydrogen-bond donors (Lipinski definition) is 1. The summed E-state index contributed by atoms with van der Waals surface area (Å²) in [5, 5.41) is 0. The van der Waals surface area contributed by atoms with Gasteiger partial charge in [0.2, 0.25) is 0 Å². The summed E-state index contributed by atoms with van der Waals surface area (Å²) in [5.41, 5.74) is 9.30. The molecule has 1 aromatic carbocycles. The van der Waals surface area contributed by atoms with E-state index in [2.05, 4.69) is 6.58 Å². The van der Waals surface area contributed by atoms with Gasteiger partial charge < -0.3 is 5.73 Å². The normalized spacial score (nSPS) is 11.9. The summed E-state index contributed by atoms with van der Waals surface area (Å²) in [6.45, 7) is 9.70. The summed E-state index contributed by atoms with van der Waals surface area (Å²) in [4.78, 5) is 0. The van der Waals surface area contributed by atoms with Gasteiger partial charge in [0.25, 0.3) is 0 Å².